The molecule has 3 rings (SSSR count). The van der Waals surface area contributed by atoms with E-state index in [-0.39, 0.29) is 5.78 Å². The number of ether oxygens (including phenoxy) is 1. The molecule has 0 aromatic carbocycles. The van der Waals surface area contributed by atoms with Gasteiger partial charge in [0.25, 0.3) is 0 Å². The lowest BCUT2D eigenvalue weighted by Crippen LogP contribution is -2.48. The average Bonchev–Trinajstić information content (AvgIpc) is 2.55. The monoisotopic (exact) mass is 331 g/mol. The largest absolute Gasteiger partial charge is 0.373 e. The van der Waals surface area contributed by atoms with Crippen molar-refractivity contribution in [2.75, 3.05) is 37.6 Å². The van der Waals surface area contributed by atoms with Gasteiger partial charge in [0.05, 0.1) is 12.2 Å². The zero-order valence-electron chi connectivity index (χ0n) is 15.1. The number of carbonyl (C=O) groups is 1. The van der Waals surface area contributed by atoms with Crippen molar-refractivity contribution in [3.05, 3.63) is 23.9 Å². The Labute approximate surface area is 145 Å². The summed E-state index contributed by atoms with van der Waals surface area (Å²) in [5, 5.41) is 0. The molecule has 0 saturated carbocycles. The highest BCUT2D eigenvalue weighted by Gasteiger charge is 2.26. The molecular weight excluding hydrogens is 302 g/mol. The van der Waals surface area contributed by atoms with Gasteiger partial charge in [0.2, 0.25) is 0 Å². The van der Waals surface area contributed by atoms with Crippen LogP contribution in [0.4, 0.5) is 5.82 Å². The summed E-state index contributed by atoms with van der Waals surface area (Å²) in [5.41, 5.74) is 0.684. The minimum Gasteiger partial charge on any atom is -0.373 e. The number of aromatic nitrogens is 1. The van der Waals surface area contributed by atoms with Gasteiger partial charge in [-0.2, -0.15) is 0 Å². The van der Waals surface area contributed by atoms with Crippen LogP contribution in [-0.4, -0.2) is 60.6 Å². The number of Topliss-reactive ketones (excluding diaryl/α,β-unsaturated/α-hetero) is 1. The first kappa shape index (κ1) is 17.4. The van der Waals surface area contributed by atoms with Crippen LogP contribution < -0.4 is 4.90 Å². The lowest BCUT2D eigenvalue weighted by atomic mass is 9.95. The van der Waals surface area contributed by atoms with E-state index in [0.717, 1.165) is 37.9 Å². The highest BCUT2D eigenvalue weighted by molar-refractivity contribution is 5.93. The van der Waals surface area contributed by atoms with Gasteiger partial charge in [-0.25, -0.2) is 4.98 Å². The number of piperidine rings is 1. The summed E-state index contributed by atoms with van der Waals surface area (Å²) >= 11 is 0. The smallest absolute Gasteiger partial charge is 0.161 e. The molecule has 0 amide bonds. The number of pyridine rings is 1. The fourth-order valence-corrected chi connectivity index (χ4v) is 3.92. The predicted octanol–water partition coefficient (Wildman–Crippen LogP) is 2.61. The normalized spacial score (nSPS) is 26.5. The number of ketones is 1. The van der Waals surface area contributed by atoms with Gasteiger partial charge in [-0.15, -0.1) is 0 Å². The maximum atomic E-state index is 11.3. The number of rotatable bonds is 4. The number of carbonyl (C=O) groups excluding carboxylic acids is 1. The van der Waals surface area contributed by atoms with Gasteiger partial charge in [0, 0.05) is 44.5 Å². The van der Waals surface area contributed by atoms with E-state index >= 15 is 0 Å². The van der Waals surface area contributed by atoms with E-state index in [1.54, 1.807) is 13.1 Å². The van der Waals surface area contributed by atoms with Gasteiger partial charge in [-0.3, -0.25) is 9.69 Å². The third kappa shape index (κ3) is 4.33. The standard InChI is InChI=1S/C19H29N3O2/c1-14-11-21(12-15(2)24-14)13-17-6-8-22(9-7-17)19-5-4-18(10-20-19)16(3)23/h4-5,10,14-15,17H,6-9,11-13H2,1-3H3. The van der Waals surface area contributed by atoms with Crippen molar-refractivity contribution in [2.24, 2.45) is 5.92 Å². The van der Waals surface area contributed by atoms with E-state index in [1.165, 1.54) is 19.4 Å². The summed E-state index contributed by atoms with van der Waals surface area (Å²) in [6.07, 6.45) is 4.79. The van der Waals surface area contributed by atoms with Crippen LogP contribution in [0.1, 0.15) is 44.0 Å². The molecule has 132 valence electrons. The van der Waals surface area contributed by atoms with Crippen LogP contribution in [0, 0.1) is 5.92 Å². The number of nitrogens with zero attached hydrogens (tertiary/aromatic N) is 3. The zero-order valence-corrected chi connectivity index (χ0v) is 15.1. The molecule has 2 saturated heterocycles. The van der Waals surface area contributed by atoms with Crippen LogP contribution in [0.15, 0.2) is 18.3 Å². The summed E-state index contributed by atoms with van der Waals surface area (Å²) in [6.45, 7) is 11.3. The molecule has 2 atom stereocenters. The van der Waals surface area contributed by atoms with Crippen LogP contribution >= 0.6 is 0 Å². The Morgan fingerprint density at radius 3 is 2.42 bits per heavy atom. The molecule has 2 aliphatic heterocycles. The Balaban J connectivity index is 1.49. The number of morpholine rings is 1. The number of anilines is 1. The van der Waals surface area contributed by atoms with E-state index in [2.05, 4.69) is 28.6 Å². The fraction of sp³-hybridized carbons (Fsp3) is 0.684. The third-order valence-electron chi connectivity index (χ3n) is 5.10. The van der Waals surface area contributed by atoms with Crippen molar-refractivity contribution in [3.8, 4) is 0 Å². The summed E-state index contributed by atoms with van der Waals surface area (Å²) in [5.74, 6) is 1.82. The van der Waals surface area contributed by atoms with Gasteiger partial charge in [0.1, 0.15) is 5.82 Å². The molecule has 2 fully saturated rings. The van der Waals surface area contributed by atoms with Gasteiger partial charge >= 0.3 is 0 Å². The summed E-state index contributed by atoms with van der Waals surface area (Å²) < 4.78 is 5.82. The molecule has 2 unspecified atom stereocenters. The molecule has 2 aliphatic rings. The van der Waals surface area contributed by atoms with E-state index in [4.69, 9.17) is 4.74 Å². The lowest BCUT2D eigenvalue weighted by molar-refractivity contribution is -0.0720. The lowest BCUT2D eigenvalue weighted by Gasteiger charge is -2.39. The summed E-state index contributed by atoms with van der Waals surface area (Å²) in [6, 6.07) is 3.86. The second-order valence-electron chi connectivity index (χ2n) is 7.37. The number of hydrogen-bond acceptors (Lipinski definition) is 5. The Hall–Kier alpha value is -1.46. The molecule has 0 N–H and O–H groups in total. The van der Waals surface area contributed by atoms with Crippen LogP contribution in [0.5, 0.6) is 0 Å². The average molecular weight is 331 g/mol. The molecule has 0 spiro atoms. The molecule has 0 aliphatic carbocycles. The first-order valence-corrected chi connectivity index (χ1v) is 9.11. The Kier molecular flexibility index (Phi) is 5.51. The first-order valence-electron chi connectivity index (χ1n) is 9.11. The van der Waals surface area contributed by atoms with Gasteiger partial charge < -0.3 is 9.64 Å². The Morgan fingerprint density at radius 1 is 1.21 bits per heavy atom. The fourth-order valence-electron chi connectivity index (χ4n) is 3.92. The molecule has 0 radical (unpaired) electrons. The third-order valence-corrected chi connectivity index (χ3v) is 5.10. The van der Waals surface area contributed by atoms with Crippen molar-refractivity contribution in [1.82, 2.24) is 9.88 Å². The molecule has 24 heavy (non-hydrogen) atoms. The first-order chi connectivity index (χ1) is 11.5. The van der Waals surface area contributed by atoms with Crippen molar-refractivity contribution in [1.29, 1.82) is 0 Å². The molecule has 5 nitrogen and oxygen atoms in total. The number of hydrogen-bond donors (Lipinski definition) is 0. The Bertz CT molecular complexity index is 542. The predicted molar refractivity (Wildman–Crippen MR) is 95.6 cm³/mol. The quantitative estimate of drug-likeness (QED) is 0.794. The van der Waals surface area contributed by atoms with E-state index in [1.807, 2.05) is 12.1 Å². The maximum absolute atomic E-state index is 11.3. The van der Waals surface area contributed by atoms with Crippen LogP contribution in [0.3, 0.4) is 0 Å². The van der Waals surface area contributed by atoms with E-state index in [0.29, 0.717) is 17.8 Å². The highest BCUT2D eigenvalue weighted by atomic mass is 16.5. The molecule has 5 heteroatoms. The van der Waals surface area contributed by atoms with Crippen LogP contribution in [0.25, 0.3) is 0 Å². The van der Waals surface area contributed by atoms with Gasteiger partial charge in [-0.1, -0.05) is 0 Å². The molecule has 1 aromatic rings. The van der Waals surface area contributed by atoms with Crippen molar-refractivity contribution >= 4 is 11.6 Å². The van der Waals surface area contributed by atoms with Gasteiger partial charge in [0.15, 0.2) is 5.78 Å². The second kappa shape index (κ2) is 7.62. The highest BCUT2D eigenvalue weighted by Crippen LogP contribution is 2.24. The topological polar surface area (TPSA) is 45.7 Å². The molecule has 0 bridgehead atoms. The van der Waals surface area contributed by atoms with Crippen molar-refractivity contribution in [3.63, 3.8) is 0 Å². The van der Waals surface area contributed by atoms with E-state index < -0.39 is 0 Å². The maximum Gasteiger partial charge on any atom is 0.161 e. The van der Waals surface area contributed by atoms with Crippen molar-refractivity contribution < 1.29 is 9.53 Å². The SMILES string of the molecule is CC(=O)c1ccc(N2CCC(CN3CC(C)OC(C)C3)CC2)nc1. The van der Waals surface area contributed by atoms with Crippen molar-refractivity contribution in [2.45, 2.75) is 45.8 Å². The van der Waals surface area contributed by atoms with E-state index in [9.17, 15) is 4.79 Å². The molecular formula is C19H29N3O2. The molecule has 1 aromatic heterocycles. The Morgan fingerprint density at radius 2 is 1.88 bits per heavy atom. The van der Waals surface area contributed by atoms with Gasteiger partial charge in [-0.05, 0) is 51.7 Å². The minimum absolute atomic E-state index is 0.0710. The molecule has 3 heterocycles. The summed E-state index contributed by atoms with van der Waals surface area (Å²) in [4.78, 5) is 20.7. The zero-order chi connectivity index (χ0) is 17.1. The van der Waals surface area contributed by atoms with Crippen LogP contribution in [-0.2, 0) is 4.74 Å². The minimum atomic E-state index is 0.0710. The van der Waals surface area contributed by atoms with Crippen LogP contribution in [0.2, 0.25) is 0 Å². The second-order valence-corrected chi connectivity index (χ2v) is 7.37. The summed E-state index contributed by atoms with van der Waals surface area (Å²) in [7, 11) is 0.